The van der Waals surface area contributed by atoms with E-state index in [4.69, 9.17) is 5.73 Å². The summed E-state index contributed by atoms with van der Waals surface area (Å²) in [6, 6.07) is 10.4. The van der Waals surface area contributed by atoms with Gasteiger partial charge in [-0.2, -0.15) is 0 Å². The van der Waals surface area contributed by atoms with E-state index in [2.05, 4.69) is 17.4 Å². The van der Waals surface area contributed by atoms with Crippen LogP contribution in [0.4, 0.5) is 0 Å². The van der Waals surface area contributed by atoms with Crippen molar-refractivity contribution in [3.63, 3.8) is 0 Å². The quantitative estimate of drug-likeness (QED) is 0.852. The molecule has 3 saturated carbocycles. The van der Waals surface area contributed by atoms with Crippen LogP contribution >= 0.6 is 0 Å². The molecule has 96 valence electrons. The minimum atomic E-state index is -0.504. The number of carbonyl (C=O) groups is 1. The van der Waals surface area contributed by atoms with Gasteiger partial charge in [0.25, 0.3) is 0 Å². The number of nitrogens with two attached hydrogens (primary N) is 1. The maximum atomic E-state index is 12.0. The Bertz CT molecular complexity index is 447. The van der Waals surface area contributed by atoms with Crippen molar-refractivity contribution in [3.8, 4) is 0 Å². The molecule has 0 radical (unpaired) electrons. The zero-order chi connectivity index (χ0) is 12.6. The van der Waals surface area contributed by atoms with Crippen LogP contribution in [0.15, 0.2) is 30.3 Å². The summed E-state index contributed by atoms with van der Waals surface area (Å²) in [5.41, 5.74) is 6.91. The van der Waals surface area contributed by atoms with Gasteiger partial charge >= 0.3 is 0 Å². The molecule has 0 aromatic heterocycles. The number of hydrogen-bond acceptors (Lipinski definition) is 3. The van der Waals surface area contributed by atoms with Gasteiger partial charge in [-0.15, -0.1) is 0 Å². The van der Waals surface area contributed by atoms with E-state index in [-0.39, 0.29) is 11.3 Å². The van der Waals surface area contributed by atoms with Crippen LogP contribution in [-0.2, 0) is 11.3 Å². The first-order chi connectivity index (χ1) is 8.62. The van der Waals surface area contributed by atoms with E-state index in [1.54, 1.807) is 0 Å². The first-order valence-corrected chi connectivity index (χ1v) is 6.73. The topological polar surface area (TPSA) is 55.1 Å². The maximum Gasteiger partial charge on any atom is 0.154 e. The molecule has 3 nitrogen and oxygen atoms in total. The molecular weight excluding hydrogens is 224 g/mol. The van der Waals surface area contributed by atoms with E-state index in [1.165, 1.54) is 5.56 Å². The summed E-state index contributed by atoms with van der Waals surface area (Å²) in [5.74, 6) is 0.251. The molecule has 3 aliphatic carbocycles. The van der Waals surface area contributed by atoms with Crippen LogP contribution in [0.25, 0.3) is 0 Å². The van der Waals surface area contributed by atoms with Crippen LogP contribution in [0.3, 0.4) is 0 Å². The van der Waals surface area contributed by atoms with E-state index < -0.39 is 5.54 Å². The summed E-state index contributed by atoms with van der Waals surface area (Å²) >= 11 is 0. The second kappa shape index (κ2) is 4.18. The van der Waals surface area contributed by atoms with Crippen molar-refractivity contribution in [2.75, 3.05) is 0 Å². The highest BCUT2D eigenvalue weighted by molar-refractivity contribution is 5.91. The van der Waals surface area contributed by atoms with Crippen LogP contribution in [0.5, 0.6) is 0 Å². The standard InChI is InChI=1S/C15H20N2O/c16-15-8-6-14(7-9-15,10-13(15)18)17-11-12-4-2-1-3-5-12/h1-5,17H,6-11,16H2. The van der Waals surface area contributed by atoms with Gasteiger partial charge in [0.1, 0.15) is 0 Å². The SMILES string of the molecule is NC12CCC(NCc3ccccc3)(CC1)CC2=O. The number of benzene rings is 1. The van der Waals surface area contributed by atoms with Crippen LogP contribution < -0.4 is 11.1 Å². The van der Waals surface area contributed by atoms with Crippen molar-refractivity contribution in [3.05, 3.63) is 35.9 Å². The number of nitrogens with one attached hydrogen (secondary N) is 1. The molecule has 0 heterocycles. The van der Waals surface area contributed by atoms with Crippen molar-refractivity contribution in [2.24, 2.45) is 5.73 Å². The van der Waals surface area contributed by atoms with Gasteiger partial charge in [0.05, 0.1) is 5.54 Å². The third-order valence-electron chi connectivity index (χ3n) is 4.66. The van der Waals surface area contributed by atoms with E-state index in [0.717, 1.165) is 32.2 Å². The van der Waals surface area contributed by atoms with Crippen molar-refractivity contribution < 1.29 is 4.79 Å². The molecule has 3 N–H and O–H groups in total. The van der Waals surface area contributed by atoms with E-state index in [1.807, 2.05) is 18.2 Å². The molecule has 0 saturated heterocycles. The second-order valence-electron chi connectivity index (χ2n) is 5.88. The van der Waals surface area contributed by atoms with Gasteiger partial charge < -0.3 is 11.1 Å². The summed E-state index contributed by atoms with van der Waals surface area (Å²) < 4.78 is 0. The molecule has 1 aromatic rings. The highest BCUT2D eigenvalue weighted by Gasteiger charge is 2.51. The Hall–Kier alpha value is -1.19. The van der Waals surface area contributed by atoms with Crippen molar-refractivity contribution in [2.45, 2.75) is 49.7 Å². The van der Waals surface area contributed by atoms with Crippen LogP contribution in [-0.4, -0.2) is 16.9 Å². The average molecular weight is 244 g/mol. The van der Waals surface area contributed by atoms with Gasteiger partial charge in [-0.25, -0.2) is 0 Å². The third kappa shape index (κ3) is 1.98. The number of hydrogen-bond donors (Lipinski definition) is 2. The summed E-state index contributed by atoms with van der Waals surface area (Å²) in [6.45, 7) is 0.839. The Balaban J connectivity index is 1.68. The van der Waals surface area contributed by atoms with Gasteiger partial charge in [0.2, 0.25) is 0 Å². The lowest BCUT2D eigenvalue weighted by atomic mass is 9.61. The number of rotatable bonds is 3. The molecule has 0 spiro atoms. The fourth-order valence-electron chi connectivity index (χ4n) is 3.24. The van der Waals surface area contributed by atoms with Crippen molar-refractivity contribution >= 4 is 5.78 Å². The van der Waals surface area contributed by atoms with Crippen LogP contribution in [0.2, 0.25) is 0 Å². The lowest BCUT2D eigenvalue weighted by molar-refractivity contribution is -0.133. The molecular formula is C15H20N2O. The van der Waals surface area contributed by atoms with Gasteiger partial charge in [-0.3, -0.25) is 4.79 Å². The predicted octanol–water partition coefficient (Wildman–Crippen LogP) is 1.76. The van der Waals surface area contributed by atoms with Crippen LogP contribution in [0, 0.1) is 0 Å². The molecule has 1 aromatic carbocycles. The largest absolute Gasteiger partial charge is 0.319 e. The van der Waals surface area contributed by atoms with E-state index in [0.29, 0.717) is 6.42 Å². The van der Waals surface area contributed by atoms with Crippen LogP contribution in [0.1, 0.15) is 37.7 Å². The Morgan fingerprint density at radius 3 is 2.39 bits per heavy atom. The summed E-state index contributed by atoms with van der Waals surface area (Å²) in [6.07, 6.45) is 4.35. The highest BCUT2D eigenvalue weighted by Crippen LogP contribution is 2.43. The Morgan fingerprint density at radius 1 is 1.11 bits per heavy atom. The second-order valence-corrected chi connectivity index (χ2v) is 5.88. The number of Topliss-reactive ketones (excluding diaryl/α,β-unsaturated/α-hetero) is 1. The summed E-state index contributed by atoms with van der Waals surface area (Å²) in [5, 5.41) is 3.61. The molecule has 3 aliphatic rings. The average Bonchev–Trinajstić information content (AvgIpc) is 2.40. The van der Waals surface area contributed by atoms with Gasteiger partial charge in [0.15, 0.2) is 5.78 Å². The molecule has 0 atom stereocenters. The maximum absolute atomic E-state index is 12.0. The predicted molar refractivity (Wildman–Crippen MR) is 71.0 cm³/mol. The first kappa shape index (κ1) is 11.9. The van der Waals surface area contributed by atoms with Crippen molar-refractivity contribution in [1.82, 2.24) is 5.32 Å². The highest BCUT2D eigenvalue weighted by atomic mass is 16.1. The number of fused-ring (bicyclic) bond motifs is 3. The molecule has 18 heavy (non-hydrogen) atoms. The zero-order valence-corrected chi connectivity index (χ0v) is 10.6. The molecule has 2 bridgehead atoms. The van der Waals surface area contributed by atoms with Crippen molar-refractivity contribution in [1.29, 1.82) is 0 Å². The minimum Gasteiger partial charge on any atom is -0.319 e. The third-order valence-corrected chi connectivity index (χ3v) is 4.66. The molecule has 3 fully saturated rings. The Labute approximate surface area is 108 Å². The lowest BCUT2D eigenvalue weighted by Gasteiger charge is -2.51. The van der Waals surface area contributed by atoms with E-state index >= 15 is 0 Å². The zero-order valence-electron chi connectivity index (χ0n) is 10.6. The van der Waals surface area contributed by atoms with Gasteiger partial charge in [-0.1, -0.05) is 30.3 Å². The molecule has 4 rings (SSSR count). The smallest absolute Gasteiger partial charge is 0.154 e. The minimum absolute atomic E-state index is 0.00798. The normalized spacial score (nSPS) is 34.8. The summed E-state index contributed by atoms with van der Waals surface area (Å²) in [7, 11) is 0. The molecule has 3 heteroatoms. The van der Waals surface area contributed by atoms with E-state index in [9.17, 15) is 4.79 Å². The molecule has 0 amide bonds. The number of carbonyl (C=O) groups excluding carboxylic acids is 1. The number of ketones is 1. The van der Waals surface area contributed by atoms with Gasteiger partial charge in [-0.05, 0) is 31.2 Å². The summed E-state index contributed by atoms with van der Waals surface area (Å²) in [4.78, 5) is 12.0. The fourth-order valence-corrected chi connectivity index (χ4v) is 3.24. The monoisotopic (exact) mass is 244 g/mol. The first-order valence-electron chi connectivity index (χ1n) is 6.73. The fraction of sp³-hybridized carbons (Fsp3) is 0.533. The van der Waals surface area contributed by atoms with Gasteiger partial charge in [0, 0.05) is 18.5 Å². The Kier molecular flexibility index (Phi) is 2.76. The lowest BCUT2D eigenvalue weighted by Crippen LogP contribution is -2.65. The Morgan fingerprint density at radius 2 is 1.78 bits per heavy atom. The molecule has 0 unspecified atom stereocenters. The molecule has 0 aliphatic heterocycles.